The molecule has 0 aromatic rings. The highest BCUT2D eigenvalue weighted by molar-refractivity contribution is 4.57. The van der Waals surface area contributed by atoms with Gasteiger partial charge in [0.15, 0.2) is 0 Å². The van der Waals surface area contributed by atoms with E-state index in [9.17, 15) is 0 Å². The predicted octanol–water partition coefficient (Wildman–Crippen LogP) is 1.18. The molecule has 0 aliphatic heterocycles. The van der Waals surface area contributed by atoms with E-state index in [1.165, 1.54) is 12.8 Å². The Kier molecular flexibility index (Phi) is 27.4. The number of hydrogen-bond acceptors (Lipinski definition) is 9. The first-order valence-corrected chi connectivity index (χ1v) is 11.6. The van der Waals surface area contributed by atoms with Crippen molar-refractivity contribution >= 4 is 0 Å². The van der Waals surface area contributed by atoms with Crippen LogP contribution in [0.2, 0.25) is 0 Å². The zero-order valence-electron chi connectivity index (χ0n) is 20.0. The Labute approximate surface area is 189 Å². The molecule has 9 nitrogen and oxygen atoms in total. The van der Waals surface area contributed by atoms with Crippen LogP contribution >= 0.6 is 0 Å². The van der Waals surface area contributed by atoms with Gasteiger partial charge in [0, 0.05) is 40.5 Å². The lowest BCUT2D eigenvalue weighted by Gasteiger charge is -2.22. The number of methoxy groups -OCH3 is 2. The fourth-order valence-electron chi connectivity index (χ4n) is 2.65. The molecule has 0 radical (unpaired) electrons. The summed E-state index contributed by atoms with van der Waals surface area (Å²) in [6, 6.07) is 0. The van der Waals surface area contributed by atoms with Gasteiger partial charge < -0.3 is 38.9 Å². The summed E-state index contributed by atoms with van der Waals surface area (Å²) >= 11 is 0. The summed E-state index contributed by atoms with van der Waals surface area (Å²) in [5, 5.41) is 0. The van der Waals surface area contributed by atoms with Crippen molar-refractivity contribution in [3.63, 3.8) is 0 Å². The molecule has 9 heteroatoms. The summed E-state index contributed by atoms with van der Waals surface area (Å²) in [7, 11) is 3.33. The van der Waals surface area contributed by atoms with E-state index in [4.69, 9.17) is 38.9 Å². The van der Waals surface area contributed by atoms with Crippen molar-refractivity contribution in [1.82, 2.24) is 4.90 Å². The number of nitrogens with two attached hydrogens (primary N) is 1. The van der Waals surface area contributed by atoms with Gasteiger partial charge in [-0.1, -0.05) is 12.8 Å². The summed E-state index contributed by atoms with van der Waals surface area (Å²) in [5.41, 5.74) is 5.52. The second-order valence-corrected chi connectivity index (χ2v) is 7.09. The van der Waals surface area contributed by atoms with Crippen molar-refractivity contribution in [1.29, 1.82) is 0 Å². The third-order valence-corrected chi connectivity index (χ3v) is 4.51. The SMILES string of the molecule is COCCOCCOCCN(CCOCCCCCCN)CCOCCOCCOC. The summed E-state index contributed by atoms with van der Waals surface area (Å²) < 4.78 is 37.8. The molecule has 2 N–H and O–H groups in total. The molecule has 188 valence electrons. The van der Waals surface area contributed by atoms with E-state index in [0.29, 0.717) is 66.1 Å². The van der Waals surface area contributed by atoms with Gasteiger partial charge in [-0.25, -0.2) is 0 Å². The summed E-state index contributed by atoms with van der Waals surface area (Å²) in [6.07, 6.45) is 4.56. The van der Waals surface area contributed by atoms with E-state index in [-0.39, 0.29) is 0 Å². The van der Waals surface area contributed by atoms with Gasteiger partial charge >= 0.3 is 0 Å². The molecule has 0 aliphatic carbocycles. The highest BCUT2D eigenvalue weighted by Gasteiger charge is 2.05. The molecule has 0 rings (SSSR count). The van der Waals surface area contributed by atoms with Gasteiger partial charge in [0.2, 0.25) is 0 Å². The molecule has 0 aliphatic rings. The predicted molar refractivity (Wildman–Crippen MR) is 122 cm³/mol. The van der Waals surface area contributed by atoms with Crippen LogP contribution in [0.15, 0.2) is 0 Å². The molecule has 0 fully saturated rings. The first-order valence-electron chi connectivity index (χ1n) is 11.6. The molecular weight excluding hydrogens is 404 g/mol. The third kappa shape index (κ3) is 25.8. The van der Waals surface area contributed by atoms with Crippen LogP contribution in [0, 0.1) is 0 Å². The van der Waals surface area contributed by atoms with Gasteiger partial charge in [-0.2, -0.15) is 0 Å². The minimum Gasteiger partial charge on any atom is -0.382 e. The fraction of sp³-hybridized carbons (Fsp3) is 1.00. The highest BCUT2D eigenvalue weighted by atomic mass is 16.5. The summed E-state index contributed by atoms with van der Waals surface area (Å²) in [6.45, 7) is 10.9. The van der Waals surface area contributed by atoms with Gasteiger partial charge in [0.1, 0.15) is 0 Å². The van der Waals surface area contributed by atoms with Crippen molar-refractivity contribution < 1.29 is 33.2 Å². The molecule has 0 heterocycles. The molecule has 31 heavy (non-hydrogen) atoms. The summed E-state index contributed by atoms with van der Waals surface area (Å²) in [4.78, 5) is 2.31. The largest absolute Gasteiger partial charge is 0.382 e. The number of hydrogen-bond donors (Lipinski definition) is 1. The second-order valence-electron chi connectivity index (χ2n) is 7.09. The van der Waals surface area contributed by atoms with Gasteiger partial charge in [-0.05, 0) is 19.4 Å². The van der Waals surface area contributed by atoms with E-state index < -0.39 is 0 Å². The van der Waals surface area contributed by atoms with Crippen LogP contribution < -0.4 is 5.73 Å². The topological polar surface area (TPSA) is 93.9 Å². The zero-order chi connectivity index (χ0) is 22.7. The standard InChI is InChI=1S/C22H48N2O7/c1-25-15-17-30-21-19-28-13-9-24(8-12-27-11-6-4-3-5-7-23)10-14-29-20-22-31-18-16-26-2/h3-23H2,1-2H3. The fourth-order valence-corrected chi connectivity index (χ4v) is 2.65. The molecule has 0 atom stereocenters. The zero-order valence-corrected chi connectivity index (χ0v) is 20.0. The van der Waals surface area contributed by atoms with E-state index in [2.05, 4.69) is 4.90 Å². The molecule has 0 aromatic heterocycles. The van der Waals surface area contributed by atoms with Gasteiger partial charge in [0.25, 0.3) is 0 Å². The Morgan fingerprint density at radius 3 is 1.29 bits per heavy atom. The Bertz CT molecular complexity index is 281. The number of ether oxygens (including phenoxy) is 7. The van der Waals surface area contributed by atoms with E-state index >= 15 is 0 Å². The first kappa shape index (κ1) is 30.6. The minimum absolute atomic E-state index is 0.586. The normalized spacial score (nSPS) is 11.6. The Balaban J connectivity index is 3.82. The summed E-state index contributed by atoms with van der Waals surface area (Å²) in [5.74, 6) is 0. The van der Waals surface area contributed by atoms with Crippen LogP contribution in [0.25, 0.3) is 0 Å². The minimum atomic E-state index is 0.586. The molecule has 0 spiro atoms. The third-order valence-electron chi connectivity index (χ3n) is 4.51. The van der Waals surface area contributed by atoms with Crippen LogP contribution in [0.4, 0.5) is 0 Å². The van der Waals surface area contributed by atoms with Crippen molar-refractivity contribution in [3.05, 3.63) is 0 Å². The maximum atomic E-state index is 5.79. The maximum absolute atomic E-state index is 5.79. The van der Waals surface area contributed by atoms with Gasteiger partial charge in [-0.3, -0.25) is 4.90 Å². The quantitative estimate of drug-likeness (QED) is 0.184. The number of rotatable bonds is 27. The molecular formula is C22H48N2O7. The van der Waals surface area contributed by atoms with Crippen LogP contribution in [0.3, 0.4) is 0 Å². The molecule has 0 saturated carbocycles. The smallest absolute Gasteiger partial charge is 0.0701 e. The Morgan fingerprint density at radius 1 is 0.452 bits per heavy atom. The van der Waals surface area contributed by atoms with E-state index in [1.54, 1.807) is 14.2 Å². The Hall–Kier alpha value is -0.360. The molecule has 0 saturated heterocycles. The lowest BCUT2D eigenvalue weighted by Crippen LogP contribution is -2.34. The second kappa shape index (κ2) is 27.7. The van der Waals surface area contributed by atoms with Crippen molar-refractivity contribution in [2.24, 2.45) is 5.73 Å². The molecule has 0 aromatic carbocycles. The van der Waals surface area contributed by atoms with Crippen molar-refractivity contribution in [2.75, 3.05) is 120 Å². The van der Waals surface area contributed by atoms with Gasteiger partial charge in [-0.15, -0.1) is 0 Å². The first-order chi connectivity index (χ1) is 15.3. The lowest BCUT2D eigenvalue weighted by molar-refractivity contribution is 0.00534. The van der Waals surface area contributed by atoms with Crippen LogP contribution in [0.1, 0.15) is 25.7 Å². The molecule has 0 amide bonds. The monoisotopic (exact) mass is 452 g/mol. The Morgan fingerprint density at radius 2 is 0.839 bits per heavy atom. The average molecular weight is 453 g/mol. The average Bonchev–Trinajstić information content (AvgIpc) is 2.78. The lowest BCUT2D eigenvalue weighted by atomic mass is 10.2. The van der Waals surface area contributed by atoms with Crippen LogP contribution in [-0.2, 0) is 33.2 Å². The van der Waals surface area contributed by atoms with Crippen molar-refractivity contribution in [3.8, 4) is 0 Å². The highest BCUT2D eigenvalue weighted by Crippen LogP contribution is 1.99. The molecule has 0 bridgehead atoms. The molecule has 0 unspecified atom stereocenters. The number of unbranched alkanes of at least 4 members (excludes halogenated alkanes) is 3. The van der Waals surface area contributed by atoms with Crippen molar-refractivity contribution in [2.45, 2.75) is 25.7 Å². The number of nitrogens with zero attached hydrogens (tertiary/aromatic N) is 1. The van der Waals surface area contributed by atoms with E-state index in [1.807, 2.05) is 0 Å². The van der Waals surface area contributed by atoms with Crippen LogP contribution in [-0.4, -0.2) is 125 Å². The van der Waals surface area contributed by atoms with Gasteiger partial charge in [0.05, 0.1) is 72.7 Å². The van der Waals surface area contributed by atoms with Crippen LogP contribution in [0.5, 0.6) is 0 Å². The van der Waals surface area contributed by atoms with E-state index in [0.717, 1.165) is 52.2 Å². The maximum Gasteiger partial charge on any atom is 0.0701 e.